The summed E-state index contributed by atoms with van der Waals surface area (Å²) in [4.78, 5) is 21.6. The van der Waals surface area contributed by atoms with Gasteiger partial charge in [-0.25, -0.2) is 0 Å². The van der Waals surface area contributed by atoms with Crippen molar-refractivity contribution in [2.24, 2.45) is 0 Å². The van der Waals surface area contributed by atoms with Crippen molar-refractivity contribution in [1.82, 2.24) is 0 Å². The number of alkyl halides is 3. The van der Waals surface area contributed by atoms with Crippen molar-refractivity contribution < 1.29 is 27.9 Å². The number of rotatable bonds is 5. The number of carbonyl (C=O) groups is 2. The summed E-state index contributed by atoms with van der Waals surface area (Å²) in [7, 11) is 0. The highest BCUT2D eigenvalue weighted by molar-refractivity contribution is 5.90. The van der Waals surface area contributed by atoms with E-state index >= 15 is 0 Å². The van der Waals surface area contributed by atoms with Crippen LogP contribution < -0.4 is 5.32 Å². The molecule has 7 heteroatoms. The molecule has 0 aromatic heterocycles. The van der Waals surface area contributed by atoms with Crippen LogP contribution in [-0.2, 0) is 15.8 Å². The third-order valence-electron chi connectivity index (χ3n) is 2.29. The number of benzene rings is 1. The highest BCUT2D eigenvalue weighted by Gasteiger charge is 2.29. The van der Waals surface area contributed by atoms with Gasteiger partial charge in [-0.1, -0.05) is 0 Å². The molecule has 0 saturated heterocycles. The van der Waals surface area contributed by atoms with E-state index in [2.05, 4.69) is 5.32 Å². The second-order valence-electron chi connectivity index (χ2n) is 3.87. The zero-order chi connectivity index (χ0) is 14.5. The number of hydrogen-bond donors (Lipinski definition) is 2. The van der Waals surface area contributed by atoms with Crippen LogP contribution in [0.2, 0.25) is 0 Å². The third-order valence-corrected chi connectivity index (χ3v) is 2.29. The third kappa shape index (κ3) is 5.41. The van der Waals surface area contributed by atoms with Crippen LogP contribution in [0.3, 0.4) is 0 Å². The number of aliphatic carboxylic acids is 1. The molecular weight excluding hydrogens is 263 g/mol. The highest BCUT2D eigenvalue weighted by atomic mass is 19.4. The van der Waals surface area contributed by atoms with Crippen LogP contribution in [0.4, 0.5) is 18.9 Å². The van der Waals surface area contributed by atoms with Crippen LogP contribution in [0.15, 0.2) is 24.3 Å². The number of halogens is 3. The van der Waals surface area contributed by atoms with Gasteiger partial charge in [0.25, 0.3) is 0 Å². The Hall–Kier alpha value is -2.05. The van der Waals surface area contributed by atoms with E-state index in [1.807, 2.05) is 0 Å². The molecule has 0 aliphatic rings. The van der Waals surface area contributed by atoms with Gasteiger partial charge in [0.2, 0.25) is 5.91 Å². The zero-order valence-electron chi connectivity index (χ0n) is 9.83. The molecule has 104 valence electrons. The minimum absolute atomic E-state index is 0.00726. The van der Waals surface area contributed by atoms with Crippen molar-refractivity contribution in [1.29, 1.82) is 0 Å². The summed E-state index contributed by atoms with van der Waals surface area (Å²) in [5.41, 5.74) is -0.551. The average molecular weight is 275 g/mol. The smallest absolute Gasteiger partial charge is 0.416 e. The number of nitrogens with one attached hydrogen (secondary N) is 1. The second kappa shape index (κ2) is 6.21. The second-order valence-corrected chi connectivity index (χ2v) is 3.87. The van der Waals surface area contributed by atoms with Crippen LogP contribution >= 0.6 is 0 Å². The van der Waals surface area contributed by atoms with Crippen molar-refractivity contribution in [3.63, 3.8) is 0 Å². The minimum Gasteiger partial charge on any atom is -0.481 e. The van der Waals surface area contributed by atoms with Gasteiger partial charge in [-0.3, -0.25) is 9.59 Å². The molecule has 0 heterocycles. The van der Waals surface area contributed by atoms with Gasteiger partial charge in [-0.2, -0.15) is 13.2 Å². The Bertz CT molecular complexity index is 454. The Balaban J connectivity index is 2.49. The van der Waals surface area contributed by atoms with Crippen LogP contribution in [0, 0.1) is 0 Å². The quantitative estimate of drug-likeness (QED) is 0.868. The van der Waals surface area contributed by atoms with Crippen molar-refractivity contribution in [3.05, 3.63) is 29.8 Å². The fraction of sp³-hybridized carbons (Fsp3) is 0.333. The first-order valence-corrected chi connectivity index (χ1v) is 5.48. The molecule has 19 heavy (non-hydrogen) atoms. The Morgan fingerprint density at radius 3 is 2.16 bits per heavy atom. The number of hydrogen-bond acceptors (Lipinski definition) is 2. The standard InChI is InChI=1S/C12H12F3NO3/c13-12(14,15)8-4-6-9(7-5-8)16-10(17)2-1-3-11(18)19/h4-7H,1-3H2,(H,16,17)(H,18,19). The van der Waals surface area contributed by atoms with E-state index in [4.69, 9.17) is 5.11 Å². The summed E-state index contributed by atoms with van der Waals surface area (Å²) in [6.45, 7) is 0. The molecular formula is C12H12F3NO3. The van der Waals surface area contributed by atoms with Gasteiger partial charge in [0.15, 0.2) is 0 Å². The van der Waals surface area contributed by atoms with Crippen molar-refractivity contribution in [3.8, 4) is 0 Å². The van der Waals surface area contributed by atoms with Crippen molar-refractivity contribution >= 4 is 17.6 Å². The molecule has 0 atom stereocenters. The van der Waals surface area contributed by atoms with Crippen LogP contribution in [0.5, 0.6) is 0 Å². The molecule has 2 N–H and O–H groups in total. The van der Waals surface area contributed by atoms with Gasteiger partial charge < -0.3 is 10.4 Å². The molecule has 1 aromatic rings. The fourth-order valence-corrected chi connectivity index (χ4v) is 1.37. The van der Waals surface area contributed by atoms with E-state index in [0.717, 1.165) is 24.3 Å². The largest absolute Gasteiger partial charge is 0.481 e. The molecule has 1 amide bonds. The summed E-state index contributed by atoms with van der Waals surface area (Å²) in [5.74, 6) is -1.43. The van der Waals surface area contributed by atoms with E-state index < -0.39 is 23.6 Å². The van der Waals surface area contributed by atoms with E-state index in [-0.39, 0.29) is 24.9 Å². The summed E-state index contributed by atoms with van der Waals surface area (Å²) < 4.78 is 36.8. The molecule has 0 aliphatic carbocycles. The number of carboxylic acids is 1. The summed E-state index contributed by atoms with van der Waals surface area (Å²) in [6.07, 6.45) is -4.35. The Kier molecular flexibility index (Phi) is 4.91. The molecule has 4 nitrogen and oxygen atoms in total. The molecule has 1 aromatic carbocycles. The molecule has 1 rings (SSSR count). The van der Waals surface area contributed by atoms with Gasteiger partial charge in [0, 0.05) is 18.5 Å². The van der Waals surface area contributed by atoms with Crippen LogP contribution in [0.25, 0.3) is 0 Å². The predicted molar refractivity (Wildman–Crippen MR) is 61.6 cm³/mol. The highest BCUT2D eigenvalue weighted by Crippen LogP contribution is 2.29. The molecule has 0 aliphatic heterocycles. The zero-order valence-corrected chi connectivity index (χ0v) is 9.83. The van der Waals surface area contributed by atoms with E-state index in [1.165, 1.54) is 0 Å². The summed E-state index contributed by atoms with van der Waals surface area (Å²) in [6, 6.07) is 4.04. The Morgan fingerprint density at radius 1 is 1.11 bits per heavy atom. The molecule has 0 saturated carbocycles. The van der Waals surface area contributed by atoms with Gasteiger partial charge in [0.1, 0.15) is 0 Å². The maximum absolute atomic E-state index is 12.3. The lowest BCUT2D eigenvalue weighted by molar-refractivity contribution is -0.138. The molecule has 0 bridgehead atoms. The van der Waals surface area contributed by atoms with Crippen LogP contribution in [0.1, 0.15) is 24.8 Å². The first-order chi connectivity index (χ1) is 8.79. The van der Waals surface area contributed by atoms with Gasteiger partial charge >= 0.3 is 12.1 Å². The van der Waals surface area contributed by atoms with E-state index in [9.17, 15) is 22.8 Å². The lowest BCUT2D eigenvalue weighted by atomic mass is 10.2. The van der Waals surface area contributed by atoms with Gasteiger partial charge in [-0.05, 0) is 30.7 Å². The molecule has 0 spiro atoms. The van der Waals surface area contributed by atoms with E-state index in [1.54, 1.807) is 0 Å². The SMILES string of the molecule is O=C(O)CCCC(=O)Nc1ccc(C(F)(F)F)cc1. The fourth-order valence-electron chi connectivity index (χ4n) is 1.37. The predicted octanol–water partition coefficient (Wildman–Crippen LogP) is 2.90. The normalized spacial score (nSPS) is 11.1. The van der Waals surface area contributed by atoms with Gasteiger partial charge in [-0.15, -0.1) is 0 Å². The first-order valence-electron chi connectivity index (χ1n) is 5.48. The van der Waals surface area contributed by atoms with Crippen molar-refractivity contribution in [2.45, 2.75) is 25.4 Å². The topological polar surface area (TPSA) is 66.4 Å². The summed E-state index contributed by atoms with van der Waals surface area (Å²) in [5, 5.41) is 10.8. The molecule has 0 unspecified atom stereocenters. The minimum atomic E-state index is -4.41. The van der Waals surface area contributed by atoms with E-state index in [0.29, 0.717) is 0 Å². The average Bonchev–Trinajstić information content (AvgIpc) is 2.27. The number of carbonyl (C=O) groups excluding carboxylic acids is 1. The number of amides is 1. The lowest BCUT2D eigenvalue weighted by Crippen LogP contribution is -2.12. The number of anilines is 1. The monoisotopic (exact) mass is 275 g/mol. The molecule has 0 radical (unpaired) electrons. The van der Waals surface area contributed by atoms with Crippen LogP contribution in [-0.4, -0.2) is 17.0 Å². The number of carboxylic acid groups (broad SMARTS) is 1. The Labute approximate surface area is 107 Å². The maximum atomic E-state index is 12.3. The van der Waals surface area contributed by atoms with Crippen molar-refractivity contribution in [2.75, 3.05) is 5.32 Å². The molecule has 0 fully saturated rings. The van der Waals surface area contributed by atoms with Gasteiger partial charge in [0.05, 0.1) is 5.56 Å². The Morgan fingerprint density at radius 2 is 1.68 bits per heavy atom. The lowest BCUT2D eigenvalue weighted by Gasteiger charge is -2.08. The summed E-state index contributed by atoms with van der Waals surface area (Å²) >= 11 is 0. The first kappa shape index (κ1) is 15.0. The maximum Gasteiger partial charge on any atom is 0.416 e.